The first-order valence-corrected chi connectivity index (χ1v) is 8.22. The van der Waals surface area contributed by atoms with E-state index in [-0.39, 0.29) is 6.04 Å². The van der Waals surface area contributed by atoms with Gasteiger partial charge in [0.15, 0.2) is 0 Å². The highest BCUT2D eigenvalue weighted by Gasteiger charge is 2.31. The Hall–Kier alpha value is -3.22. The standard InChI is InChI=1S/C20H15F3N2O2/c1-27-19(26)13-10-17-24-18(12-6-8-14(9-7-12)20(21,22)23)15-4-2-3-5-16(15)25(17)11-13/h2-11,18,24H,1H3. The molecule has 1 aliphatic heterocycles. The van der Waals surface area contributed by atoms with E-state index in [4.69, 9.17) is 4.74 Å². The molecule has 138 valence electrons. The molecule has 1 atom stereocenters. The molecule has 1 aromatic heterocycles. The van der Waals surface area contributed by atoms with E-state index in [0.717, 1.165) is 23.4 Å². The maximum atomic E-state index is 12.8. The number of benzene rings is 2. The van der Waals surface area contributed by atoms with Crippen LogP contribution in [0.15, 0.2) is 60.8 Å². The molecule has 1 unspecified atom stereocenters. The number of aromatic nitrogens is 1. The van der Waals surface area contributed by atoms with Gasteiger partial charge in [-0.2, -0.15) is 13.2 Å². The minimum atomic E-state index is -4.37. The Kier molecular flexibility index (Phi) is 3.95. The molecule has 0 saturated heterocycles. The molecule has 0 saturated carbocycles. The Morgan fingerprint density at radius 2 is 1.81 bits per heavy atom. The Balaban J connectivity index is 1.78. The van der Waals surface area contributed by atoms with Gasteiger partial charge in [-0.25, -0.2) is 4.79 Å². The Labute approximate surface area is 153 Å². The lowest BCUT2D eigenvalue weighted by Crippen LogP contribution is -2.21. The van der Waals surface area contributed by atoms with E-state index in [1.54, 1.807) is 12.3 Å². The number of hydrogen-bond donors (Lipinski definition) is 1. The summed E-state index contributed by atoms with van der Waals surface area (Å²) in [4.78, 5) is 11.9. The molecule has 0 bridgehead atoms. The van der Waals surface area contributed by atoms with Crippen molar-refractivity contribution in [2.75, 3.05) is 12.4 Å². The van der Waals surface area contributed by atoms with E-state index in [1.807, 2.05) is 28.8 Å². The molecule has 0 fully saturated rings. The highest BCUT2D eigenvalue weighted by atomic mass is 19.4. The van der Waals surface area contributed by atoms with Crippen molar-refractivity contribution in [3.05, 3.63) is 83.0 Å². The number of fused-ring (bicyclic) bond motifs is 3. The molecule has 0 aliphatic carbocycles. The van der Waals surface area contributed by atoms with Gasteiger partial charge in [0, 0.05) is 11.8 Å². The first-order chi connectivity index (χ1) is 12.9. The maximum Gasteiger partial charge on any atom is 0.416 e. The van der Waals surface area contributed by atoms with Crippen LogP contribution in [0.4, 0.5) is 19.0 Å². The SMILES string of the molecule is COC(=O)c1cc2n(c1)-c1ccccc1C(c1ccc(C(F)(F)F)cc1)N2. The number of methoxy groups -OCH3 is 1. The third-order valence-corrected chi connectivity index (χ3v) is 4.61. The zero-order chi connectivity index (χ0) is 19.2. The summed E-state index contributed by atoms with van der Waals surface area (Å²) in [6.07, 6.45) is -2.70. The number of hydrogen-bond acceptors (Lipinski definition) is 3. The predicted octanol–water partition coefficient (Wildman–Crippen LogP) is 4.80. The van der Waals surface area contributed by atoms with Crippen LogP contribution in [0.25, 0.3) is 5.69 Å². The van der Waals surface area contributed by atoms with Gasteiger partial charge in [0.2, 0.25) is 0 Å². The molecule has 2 aromatic carbocycles. The molecule has 0 spiro atoms. The van der Waals surface area contributed by atoms with Crippen molar-refractivity contribution >= 4 is 11.8 Å². The smallest absolute Gasteiger partial charge is 0.416 e. The molecule has 1 aliphatic rings. The van der Waals surface area contributed by atoms with Gasteiger partial charge in [-0.3, -0.25) is 0 Å². The monoisotopic (exact) mass is 372 g/mol. The summed E-state index contributed by atoms with van der Waals surface area (Å²) in [5, 5.41) is 3.30. The van der Waals surface area contributed by atoms with Crippen LogP contribution in [0.3, 0.4) is 0 Å². The minimum Gasteiger partial charge on any atom is -0.465 e. The summed E-state index contributed by atoms with van der Waals surface area (Å²) in [7, 11) is 1.31. The minimum absolute atomic E-state index is 0.337. The number of anilines is 1. The molecule has 1 N–H and O–H groups in total. The number of halogens is 3. The fourth-order valence-corrected chi connectivity index (χ4v) is 3.31. The molecule has 0 amide bonds. The third-order valence-electron chi connectivity index (χ3n) is 4.61. The lowest BCUT2D eigenvalue weighted by Gasteiger charge is -2.30. The summed E-state index contributed by atoms with van der Waals surface area (Å²) < 4.78 is 45.1. The largest absolute Gasteiger partial charge is 0.465 e. The number of carbonyl (C=O) groups is 1. The lowest BCUT2D eigenvalue weighted by atomic mass is 9.94. The van der Waals surface area contributed by atoms with Gasteiger partial charge in [-0.1, -0.05) is 30.3 Å². The number of ether oxygens (including phenoxy) is 1. The van der Waals surface area contributed by atoms with E-state index >= 15 is 0 Å². The van der Waals surface area contributed by atoms with Crippen LogP contribution in [0.2, 0.25) is 0 Å². The van der Waals surface area contributed by atoms with Crippen LogP contribution in [-0.4, -0.2) is 17.6 Å². The molecule has 3 aromatic rings. The highest BCUT2D eigenvalue weighted by molar-refractivity contribution is 5.91. The van der Waals surface area contributed by atoms with Crippen molar-refractivity contribution in [2.24, 2.45) is 0 Å². The molecule has 27 heavy (non-hydrogen) atoms. The third kappa shape index (κ3) is 2.95. The van der Waals surface area contributed by atoms with Crippen LogP contribution in [0, 0.1) is 0 Å². The van der Waals surface area contributed by atoms with E-state index < -0.39 is 17.7 Å². The fourth-order valence-electron chi connectivity index (χ4n) is 3.31. The number of alkyl halides is 3. The lowest BCUT2D eigenvalue weighted by molar-refractivity contribution is -0.137. The Bertz CT molecular complexity index is 1010. The summed E-state index contributed by atoms with van der Waals surface area (Å²) in [6, 6.07) is 14.0. The normalized spacial score (nSPS) is 15.5. The zero-order valence-electron chi connectivity index (χ0n) is 14.2. The Morgan fingerprint density at radius 3 is 2.48 bits per heavy atom. The summed E-state index contributed by atoms with van der Waals surface area (Å²) in [6.45, 7) is 0. The molecular formula is C20H15F3N2O2. The number of para-hydroxylation sites is 1. The molecule has 4 rings (SSSR count). The van der Waals surface area contributed by atoms with Crippen molar-refractivity contribution in [1.82, 2.24) is 4.57 Å². The number of nitrogens with zero attached hydrogens (tertiary/aromatic N) is 1. The molecule has 4 nitrogen and oxygen atoms in total. The fraction of sp³-hybridized carbons (Fsp3) is 0.150. The number of esters is 1. The van der Waals surface area contributed by atoms with Crippen molar-refractivity contribution in [1.29, 1.82) is 0 Å². The van der Waals surface area contributed by atoms with E-state index in [0.29, 0.717) is 16.9 Å². The van der Waals surface area contributed by atoms with Crippen LogP contribution in [-0.2, 0) is 10.9 Å². The second-order valence-electron chi connectivity index (χ2n) is 6.23. The molecule has 7 heteroatoms. The van der Waals surface area contributed by atoms with Crippen LogP contribution in [0.1, 0.15) is 33.1 Å². The van der Waals surface area contributed by atoms with Crippen LogP contribution in [0.5, 0.6) is 0 Å². The second-order valence-corrected chi connectivity index (χ2v) is 6.23. The summed E-state index contributed by atoms with van der Waals surface area (Å²) in [5.41, 5.74) is 2.15. The van der Waals surface area contributed by atoms with Crippen LogP contribution < -0.4 is 5.32 Å². The molecular weight excluding hydrogens is 357 g/mol. The van der Waals surface area contributed by atoms with Gasteiger partial charge in [0.25, 0.3) is 0 Å². The van der Waals surface area contributed by atoms with Gasteiger partial charge in [0.1, 0.15) is 5.82 Å². The van der Waals surface area contributed by atoms with Gasteiger partial charge in [0.05, 0.1) is 30.0 Å². The summed E-state index contributed by atoms with van der Waals surface area (Å²) in [5.74, 6) is 0.209. The number of rotatable bonds is 2. The number of carbonyl (C=O) groups excluding carboxylic acids is 1. The van der Waals surface area contributed by atoms with Gasteiger partial charge >= 0.3 is 12.1 Å². The number of nitrogens with one attached hydrogen (secondary N) is 1. The zero-order valence-corrected chi connectivity index (χ0v) is 14.2. The average Bonchev–Trinajstić information content (AvgIpc) is 3.10. The van der Waals surface area contributed by atoms with Crippen molar-refractivity contribution in [3.63, 3.8) is 0 Å². The maximum absolute atomic E-state index is 12.8. The quantitative estimate of drug-likeness (QED) is 0.658. The first-order valence-electron chi connectivity index (χ1n) is 8.22. The highest BCUT2D eigenvalue weighted by Crippen LogP contribution is 2.39. The Morgan fingerprint density at radius 1 is 1.11 bits per heavy atom. The van der Waals surface area contributed by atoms with E-state index in [2.05, 4.69) is 5.32 Å². The first kappa shape index (κ1) is 17.2. The van der Waals surface area contributed by atoms with E-state index in [9.17, 15) is 18.0 Å². The van der Waals surface area contributed by atoms with Gasteiger partial charge in [-0.15, -0.1) is 0 Å². The molecule has 2 heterocycles. The predicted molar refractivity (Wildman–Crippen MR) is 94.0 cm³/mol. The van der Waals surface area contributed by atoms with Crippen molar-refractivity contribution < 1.29 is 22.7 Å². The van der Waals surface area contributed by atoms with Gasteiger partial charge < -0.3 is 14.6 Å². The molecule has 0 radical (unpaired) electrons. The van der Waals surface area contributed by atoms with Gasteiger partial charge in [-0.05, 0) is 29.8 Å². The van der Waals surface area contributed by atoms with Crippen molar-refractivity contribution in [3.8, 4) is 5.69 Å². The van der Waals surface area contributed by atoms with Crippen LogP contribution >= 0.6 is 0 Å². The average molecular weight is 372 g/mol. The second kappa shape index (κ2) is 6.19. The van der Waals surface area contributed by atoms with E-state index in [1.165, 1.54) is 19.2 Å². The van der Waals surface area contributed by atoms with Crippen molar-refractivity contribution in [2.45, 2.75) is 12.2 Å². The summed E-state index contributed by atoms with van der Waals surface area (Å²) >= 11 is 0. The topological polar surface area (TPSA) is 43.3 Å².